The maximum absolute atomic E-state index is 14.1. The van der Waals surface area contributed by atoms with Gasteiger partial charge in [-0.05, 0) is 42.7 Å². The Bertz CT molecular complexity index is 994. The summed E-state index contributed by atoms with van der Waals surface area (Å²) in [7, 11) is 0. The minimum atomic E-state index is -0.565. The van der Waals surface area contributed by atoms with Gasteiger partial charge in [-0.1, -0.05) is 6.07 Å². The van der Waals surface area contributed by atoms with Crippen LogP contribution in [0.25, 0.3) is 11.1 Å². The van der Waals surface area contributed by atoms with Gasteiger partial charge >= 0.3 is 0 Å². The number of ether oxygens (including phenoxy) is 1. The zero-order chi connectivity index (χ0) is 20.7. The van der Waals surface area contributed by atoms with Crippen LogP contribution in [-0.4, -0.2) is 65.4 Å². The van der Waals surface area contributed by atoms with E-state index in [-0.39, 0.29) is 30.3 Å². The Morgan fingerprint density at radius 3 is 2.90 bits per heavy atom. The lowest BCUT2D eigenvalue weighted by Gasteiger charge is -2.40. The second kappa shape index (κ2) is 7.68. The second-order valence-electron chi connectivity index (χ2n) is 8.09. The zero-order valence-corrected chi connectivity index (χ0v) is 16.5. The average Bonchev–Trinajstić information content (AvgIpc) is 3.58. The van der Waals surface area contributed by atoms with Crippen molar-refractivity contribution >= 4 is 17.5 Å². The van der Waals surface area contributed by atoms with Crippen molar-refractivity contribution in [3.05, 3.63) is 42.5 Å². The molecule has 1 saturated carbocycles. The molecule has 2 aliphatic heterocycles. The zero-order valence-electron chi connectivity index (χ0n) is 16.5. The molecule has 8 heteroatoms. The van der Waals surface area contributed by atoms with Gasteiger partial charge in [0.25, 0.3) is 0 Å². The van der Waals surface area contributed by atoms with Gasteiger partial charge in [-0.2, -0.15) is 4.39 Å². The van der Waals surface area contributed by atoms with Crippen LogP contribution in [-0.2, 0) is 9.59 Å². The van der Waals surface area contributed by atoms with Gasteiger partial charge in [-0.25, -0.2) is 4.98 Å². The third-order valence-corrected chi connectivity index (χ3v) is 5.94. The number of carbonyl (C=O) groups excluding carboxylic acids is 2. The third-order valence-electron chi connectivity index (χ3n) is 5.94. The SMILES string of the molecule is O=C1CN2CCN(C(=O)C3CC3)C[C@@H]2COc2ccc(-c3cccnc3F)cc2N1. The Labute approximate surface area is 173 Å². The van der Waals surface area contributed by atoms with Crippen LogP contribution in [0.4, 0.5) is 10.1 Å². The summed E-state index contributed by atoms with van der Waals surface area (Å²) in [6.45, 7) is 2.44. The van der Waals surface area contributed by atoms with Gasteiger partial charge in [0.2, 0.25) is 17.8 Å². The molecular weight excluding hydrogens is 387 g/mol. The molecule has 3 heterocycles. The Morgan fingerprint density at radius 1 is 1.23 bits per heavy atom. The fourth-order valence-electron chi connectivity index (χ4n) is 4.13. The predicted molar refractivity (Wildman–Crippen MR) is 108 cm³/mol. The summed E-state index contributed by atoms with van der Waals surface area (Å²) in [6, 6.07) is 8.47. The molecule has 3 aliphatic rings. The number of hydrogen-bond acceptors (Lipinski definition) is 5. The standard InChI is InChI=1S/C22H23FN4O3/c23-21-17(2-1-7-24-21)15-5-6-19-18(10-15)25-20(28)12-26-8-9-27(11-16(26)13-30-19)22(29)14-3-4-14/h1-2,5-7,10,14,16H,3-4,8-9,11-13H2,(H,25,28)/t16-/m1/s1. The molecule has 1 aliphatic carbocycles. The number of rotatable bonds is 2. The van der Waals surface area contributed by atoms with Crippen LogP contribution < -0.4 is 10.1 Å². The van der Waals surface area contributed by atoms with Gasteiger partial charge in [0.15, 0.2) is 0 Å². The van der Waals surface area contributed by atoms with Crippen LogP contribution in [0.5, 0.6) is 5.75 Å². The summed E-state index contributed by atoms with van der Waals surface area (Å²) >= 11 is 0. The van der Waals surface area contributed by atoms with Gasteiger partial charge in [-0.15, -0.1) is 0 Å². The molecule has 2 aromatic rings. The topological polar surface area (TPSA) is 74.8 Å². The number of halogens is 1. The lowest BCUT2D eigenvalue weighted by atomic mass is 10.1. The van der Waals surface area contributed by atoms with Crippen molar-refractivity contribution in [1.29, 1.82) is 0 Å². The summed E-state index contributed by atoms with van der Waals surface area (Å²) < 4.78 is 20.1. The van der Waals surface area contributed by atoms with Crippen molar-refractivity contribution in [2.45, 2.75) is 18.9 Å². The summed E-state index contributed by atoms with van der Waals surface area (Å²) in [4.78, 5) is 32.8. The normalized spacial score (nSPS) is 22.0. The van der Waals surface area contributed by atoms with E-state index in [1.54, 1.807) is 30.3 Å². The quantitative estimate of drug-likeness (QED) is 0.768. The fraction of sp³-hybridized carbons (Fsp3) is 0.409. The van der Waals surface area contributed by atoms with E-state index in [4.69, 9.17) is 4.74 Å². The van der Waals surface area contributed by atoms with Crippen LogP contribution in [0.1, 0.15) is 12.8 Å². The number of anilines is 1. The number of aromatic nitrogens is 1. The van der Waals surface area contributed by atoms with Crippen molar-refractivity contribution < 1.29 is 18.7 Å². The van der Waals surface area contributed by atoms with E-state index >= 15 is 0 Å². The van der Waals surface area contributed by atoms with Crippen molar-refractivity contribution in [2.24, 2.45) is 5.92 Å². The van der Waals surface area contributed by atoms with Crippen molar-refractivity contribution in [3.63, 3.8) is 0 Å². The van der Waals surface area contributed by atoms with E-state index in [0.717, 1.165) is 12.8 Å². The number of piperazine rings is 1. The second-order valence-corrected chi connectivity index (χ2v) is 8.09. The Balaban J connectivity index is 1.38. The summed E-state index contributed by atoms with van der Waals surface area (Å²) in [6.07, 6.45) is 3.36. The molecule has 2 amide bonds. The molecule has 7 nitrogen and oxygen atoms in total. The molecule has 1 saturated heterocycles. The van der Waals surface area contributed by atoms with E-state index in [0.29, 0.717) is 48.8 Å². The van der Waals surface area contributed by atoms with Gasteiger partial charge in [0, 0.05) is 37.3 Å². The average molecular weight is 410 g/mol. The molecule has 0 bridgehead atoms. The number of hydrogen-bond donors (Lipinski definition) is 1. The fourth-order valence-corrected chi connectivity index (χ4v) is 4.13. The van der Waals surface area contributed by atoms with E-state index in [1.165, 1.54) is 6.20 Å². The Hall–Kier alpha value is -3.00. The summed E-state index contributed by atoms with van der Waals surface area (Å²) in [5.74, 6) is 0.221. The number of carbonyl (C=O) groups is 2. The summed E-state index contributed by atoms with van der Waals surface area (Å²) in [5, 5.41) is 2.90. The molecule has 0 spiro atoms. The molecule has 5 rings (SSSR count). The number of amides is 2. The Kier molecular flexibility index (Phi) is 4.86. The molecule has 1 aromatic carbocycles. The highest BCUT2D eigenvalue weighted by atomic mass is 19.1. The number of nitrogens with one attached hydrogen (secondary N) is 1. The molecule has 30 heavy (non-hydrogen) atoms. The lowest BCUT2D eigenvalue weighted by molar-refractivity contribution is -0.136. The first kappa shape index (κ1) is 19.0. The number of pyridine rings is 1. The number of fused-ring (bicyclic) bond motifs is 2. The lowest BCUT2D eigenvalue weighted by Crippen LogP contribution is -2.58. The third kappa shape index (κ3) is 3.75. The van der Waals surface area contributed by atoms with Crippen molar-refractivity contribution in [1.82, 2.24) is 14.8 Å². The van der Waals surface area contributed by atoms with Crippen LogP contribution in [0, 0.1) is 11.9 Å². The maximum Gasteiger partial charge on any atom is 0.238 e. The molecule has 1 aromatic heterocycles. The van der Waals surface area contributed by atoms with Crippen LogP contribution in [0.15, 0.2) is 36.5 Å². The minimum Gasteiger partial charge on any atom is -0.490 e. The van der Waals surface area contributed by atoms with Crippen LogP contribution >= 0.6 is 0 Å². The Morgan fingerprint density at radius 2 is 2.10 bits per heavy atom. The van der Waals surface area contributed by atoms with Gasteiger partial charge in [0.05, 0.1) is 18.3 Å². The van der Waals surface area contributed by atoms with E-state index in [2.05, 4.69) is 15.2 Å². The molecule has 0 radical (unpaired) electrons. The van der Waals surface area contributed by atoms with E-state index in [9.17, 15) is 14.0 Å². The largest absolute Gasteiger partial charge is 0.490 e. The van der Waals surface area contributed by atoms with Gasteiger partial charge < -0.3 is 15.0 Å². The molecule has 2 fully saturated rings. The van der Waals surface area contributed by atoms with E-state index in [1.807, 2.05) is 4.90 Å². The van der Waals surface area contributed by atoms with Crippen LogP contribution in [0.2, 0.25) is 0 Å². The molecular formula is C22H23FN4O3. The highest BCUT2D eigenvalue weighted by Gasteiger charge is 2.38. The first-order valence-electron chi connectivity index (χ1n) is 10.3. The molecule has 1 N–H and O–H groups in total. The predicted octanol–water partition coefficient (Wildman–Crippen LogP) is 2.14. The van der Waals surface area contributed by atoms with E-state index < -0.39 is 5.95 Å². The molecule has 1 atom stereocenters. The van der Waals surface area contributed by atoms with Crippen LogP contribution in [0.3, 0.4) is 0 Å². The number of benzene rings is 1. The number of nitrogens with zero attached hydrogens (tertiary/aromatic N) is 3. The highest BCUT2D eigenvalue weighted by molar-refractivity contribution is 5.94. The first-order valence-corrected chi connectivity index (χ1v) is 10.3. The van der Waals surface area contributed by atoms with Crippen molar-refractivity contribution in [2.75, 3.05) is 38.1 Å². The molecule has 156 valence electrons. The smallest absolute Gasteiger partial charge is 0.238 e. The van der Waals surface area contributed by atoms with Crippen molar-refractivity contribution in [3.8, 4) is 16.9 Å². The molecule has 0 unspecified atom stereocenters. The minimum absolute atomic E-state index is 0.0476. The van der Waals surface area contributed by atoms with Gasteiger partial charge in [0.1, 0.15) is 12.4 Å². The van der Waals surface area contributed by atoms with Gasteiger partial charge in [-0.3, -0.25) is 14.5 Å². The summed E-state index contributed by atoms with van der Waals surface area (Å²) in [5.41, 5.74) is 1.48. The maximum atomic E-state index is 14.1. The monoisotopic (exact) mass is 410 g/mol. The first-order chi connectivity index (χ1) is 14.6. The highest BCUT2D eigenvalue weighted by Crippen LogP contribution is 2.34.